The van der Waals surface area contributed by atoms with Gasteiger partial charge in [-0.2, -0.15) is 0 Å². The molecular formula is C26H22BNO. The summed E-state index contributed by atoms with van der Waals surface area (Å²) < 4.78 is 6.40. The Kier molecular flexibility index (Phi) is 3.61. The normalized spacial score (nSPS) is 16.1. The van der Waals surface area contributed by atoms with Gasteiger partial charge in [0.15, 0.2) is 0 Å². The largest absolute Gasteiger partial charge is 0.455 e. The lowest BCUT2D eigenvalue weighted by Crippen LogP contribution is -2.21. The molecule has 140 valence electrons. The maximum absolute atomic E-state index is 6.40. The first-order chi connectivity index (χ1) is 14.2. The molecule has 3 heteroatoms. The third-order valence-corrected chi connectivity index (χ3v) is 6.83. The van der Waals surface area contributed by atoms with E-state index in [2.05, 4.69) is 74.6 Å². The summed E-state index contributed by atoms with van der Waals surface area (Å²) in [6.07, 6.45) is 7.13. The Morgan fingerprint density at radius 2 is 1.69 bits per heavy atom. The summed E-state index contributed by atoms with van der Waals surface area (Å²) in [7, 11) is 2.40. The number of hydrogen-bond acceptors (Lipinski definition) is 2. The predicted molar refractivity (Wildman–Crippen MR) is 123 cm³/mol. The van der Waals surface area contributed by atoms with Crippen LogP contribution in [0.5, 0.6) is 0 Å². The Morgan fingerprint density at radius 1 is 0.862 bits per heavy atom. The van der Waals surface area contributed by atoms with Gasteiger partial charge in [-0.3, -0.25) is 4.98 Å². The number of benzene rings is 3. The van der Waals surface area contributed by atoms with Crippen LogP contribution in [0.1, 0.15) is 31.2 Å². The van der Waals surface area contributed by atoms with Crippen molar-refractivity contribution in [1.29, 1.82) is 0 Å². The van der Waals surface area contributed by atoms with E-state index in [-0.39, 0.29) is 5.31 Å². The maximum atomic E-state index is 6.40. The second kappa shape index (κ2) is 6.22. The van der Waals surface area contributed by atoms with E-state index in [0.717, 1.165) is 27.8 Å². The number of fused-ring (bicyclic) bond motifs is 5. The van der Waals surface area contributed by atoms with Crippen LogP contribution in [0.25, 0.3) is 44.0 Å². The Hall–Kier alpha value is -3.07. The molecular weight excluding hydrogens is 353 g/mol. The summed E-state index contributed by atoms with van der Waals surface area (Å²) in [5, 5.41) is 5.10. The van der Waals surface area contributed by atoms with Crippen LogP contribution < -0.4 is 0 Å². The molecule has 0 unspecified atom stereocenters. The lowest BCUT2D eigenvalue weighted by molar-refractivity contribution is 0.635. The van der Waals surface area contributed by atoms with Gasteiger partial charge < -0.3 is 4.42 Å². The van der Waals surface area contributed by atoms with Crippen molar-refractivity contribution in [2.24, 2.45) is 0 Å². The van der Waals surface area contributed by atoms with Crippen molar-refractivity contribution in [2.45, 2.75) is 31.0 Å². The van der Waals surface area contributed by atoms with Gasteiger partial charge in [-0.25, -0.2) is 0 Å². The smallest absolute Gasteiger partial charge is 0.144 e. The molecule has 0 amide bonds. The molecule has 1 fully saturated rings. The molecule has 6 rings (SSSR count). The minimum atomic E-state index is 0.273. The Balaban J connectivity index is 1.60. The number of para-hydroxylation sites is 1. The van der Waals surface area contributed by atoms with Gasteiger partial charge in [-0.15, -0.1) is 0 Å². The number of furan rings is 1. The fraction of sp³-hybridized carbons (Fsp3) is 0.192. The lowest BCUT2D eigenvalue weighted by Gasteiger charge is -2.24. The average molecular weight is 375 g/mol. The number of pyridine rings is 1. The van der Waals surface area contributed by atoms with Crippen LogP contribution in [0.15, 0.2) is 77.3 Å². The molecule has 1 saturated carbocycles. The highest BCUT2D eigenvalue weighted by Gasteiger charge is 2.30. The van der Waals surface area contributed by atoms with Crippen LogP contribution >= 0.6 is 0 Å². The number of nitrogens with zero attached hydrogens (tertiary/aromatic N) is 1. The van der Waals surface area contributed by atoms with Gasteiger partial charge in [0.05, 0.1) is 5.69 Å². The predicted octanol–water partition coefficient (Wildman–Crippen LogP) is 6.20. The third-order valence-electron chi connectivity index (χ3n) is 6.83. The number of aromatic nitrogens is 1. The summed E-state index contributed by atoms with van der Waals surface area (Å²) in [5.41, 5.74) is 5.35. The zero-order valence-corrected chi connectivity index (χ0v) is 16.6. The summed E-state index contributed by atoms with van der Waals surface area (Å²) >= 11 is 0. The van der Waals surface area contributed by atoms with Crippen molar-refractivity contribution in [3.63, 3.8) is 0 Å². The second-order valence-electron chi connectivity index (χ2n) is 8.64. The van der Waals surface area contributed by atoms with Crippen LogP contribution in [-0.2, 0) is 5.31 Å². The maximum Gasteiger partial charge on any atom is 0.144 e. The minimum Gasteiger partial charge on any atom is -0.455 e. The molecule has 0 radical (unpaired) electrons. The van der Waals surface area contributed by atoms with Crippen LogP contribution in [0.3, 0.4) is 0 Å². The van der Waals surface area contributed by atoms with Gasteiger partial charge in [0.2, 0.25) is 0 Å². The summed E-state index contributed by atoms with van der Waals surface area (Å²) in [6, 6.07) is 23.6. The third kappa shape index (κ3) is 2.53. The van der Waals surface area contributed by atoms with Crippen molar-refractivity contribution < 1.29 is 4.42 Å². The molecule has 0 bridgehead atoms. The summed E-state index contributed by atoms with van der Waals surface area (Å²) in [4.78, 5) is 4.73. The summed E-state index contributed by atoms with van der Waals surface area (Å²) in [6.45, 7) is 0. The fourth-order valence-corrected chi connectivity index (χ4v) is 5.17. The van der Waals surface area contributed by atoms with E-state index in [9.17, 15) is 0 Å². The van der Waals surface area contributed by atoms with E-state index in [4.69, 9.17) is 9.40 Å². The van der Waals surface area contributed by atoms with Crippen molar-refractivity contribution >= 4 is 40.6 Å². The minimum absolute atomic E-state index is 0.273. The fourth-order valence-electron chi connectivity index (χ4n) is 5.17. The average Bonchev–Trinajstić information content (AvgIpc) is 3.38. The topological polar surface area (TPSA) is 26.0 Å². The molecule has 0 aliphatic heterocycles. The molecule has 0 atom stereocenters. The highest BCUT2D eigenvalue weighted by atomic mass is 16.3. The molecule has 29 heavy (non-hydrogen) atoms. The standard InChI is InChI=1S/C26H22BNO/c27-26(13-3-4-14-26)18-12-15-28-22(16-18)20-8-5-9-21-24-19-7-2-1-6-17(19)10-11-23(24)29-25(20)21/h1-2,5-12,15-16H,3-4,13-14,27H2. The lowest BCUT2D eigenvalue weighted by atomic mass is 9.63. The molecule has 5 aromatic rings. The molecule has 0 saturated heterocycles. The zero-order chi connectivity index (χ0) is 19.4. The summed E-state index contributed by atoms with van der Waals surface area (Å²) in [5.74, 6) is 0. The van der Waals surface area contributed by atoms with Gasteiger partial charge in [0.1, 0.15) is 19.0 Å². The van der Waals surface area contributed by atoms with E-state index in [1.807, 2.05) is 6.20 Å². The van der Waals surface area contributed by atoms with Gasteiger partial charge in [-0.1, -0.05) is 68.1 Å². The molecule has 0 spiro atoms. The van der Waals surface area contributed by atoms with E-state index in [0.29, 0.717) is 0 Å². The first kappa shape index (κ1) is 16.9. The molecule has 2 nitrogen and oxygen atoms in total. The quantitative estimate of drug-likeness (QED) is 0.343. The van der Waals surface area contributed by atoms with Gasteiger partial charge in [-0.05, 0) is 45.9 Å². The van der Waals surface area contributed by atoms with Crippen LogP contribution in [0.4, 0.5) is 0 Å². The first-order valence-electron chi connectivity index (χ1n) is 10.5. The van der Waals surface area contributed by atoms with Crippen molar-refractivity contribution in [3.8, 4) is 11.3 Å². The molecule has 2 aromatic heterocycles. The van der Waals surface area contributed by atoms with E-state index < -0.39 is 0 Å². The van der Waals surface area contributed by atoms with Crippen LogP contribution in [0.2, 0.25) is 0 Å². The molecule has 0 N–H and O–H groups in total. The van der Waals surface area contributed by atoms with Crippen molar-refractivity contribution in [3.05, 3.63) is 78.5 Å². The first-order valence-corrected chi connectivity index (χ1v) is 10.5. The highest BCUT2D eigenvalue weighted by Crippen LogP contribution is 2.41. The molecule has 1 aliphatic carbocycles. The number of hydrogen-bond donors (Lipinski definition) is 0. The zero-order valence-electron chi connectivity index (χ0n) is 16.6. The van der Waals surface area contributed by atoms with E-state index in [1.165, 1.54) is 47.4 Å². The molecule has 2 heterocycles. The highest BCUT2D eigenvalue weighted by molar-refractivity contribution is 6.20. The van der Waals surface area contributed by atoms with Gasteiger partial charge >= 0.3 is 0 Å². The monoisotopic (exact) mass is 375 g/mol. The van der Waals surface area contributed by atoms with Crippen molar-refractivity contribution in [2.75, 3.05) is 0 Å². The Morgan fingerprint density at radius 3 is 2.59 bits per heavy atom. The molecule has 3 aromatic carbocycles. The number of rotatable bonds is 2. The van der Waals surface area contributed by atoms with Crippen LogP contribution in [-0.4, -0.2) is 12.8 Å². The van der Waals surface area contributed by atoms with E-state index in [1.54, 1.807) is 0 Å². The molecule has 1 aliphatic rings. The Bertz CT molecular complexity index is 1380. The van der Waals surface area contributed by atoms with Crippen LogP contribution in [0, 0.1) is 0 Å². The second-order valence-corrected chi connectivity index (χ2v) is 8.64. The van der Waals surface area contributed by atoms with E-state index >= 15 is 0 Å². The van der Waals surface area contributed by atoms with Gasteiger partial charge in [0, 0.05) is 22.5 Å². The van der Waals surface area contributed by atoms with Crippen molar-refractivity contribution in [1.82, 2.24) is 4.98 Å². The van der Waals surface area contributed by atoms with Gasteiger partial charge in [0.25, 0.3) is 0 Å². The Labute approximate surface area is 171 Å². The SMILES string of the molecule is BC1(c2ccnc(-c3cccc4c3oc3ccc5ccccc5c34)c2)CCCC1.